The van der Waals surface area contributed by atoms with Crippen molar-refractivity contribution >= 4 is 16.3 Å². The number of allylic oxidation sites excluding steroid dienone is 2. The van der Waals surface area contributed by atoms with E-state index in [9.17, 15) is 0 Å². The molecule has 2 rings (SSSR count). The van der Waals surface area contributed by atoms with Gasteiger partial charge in [0, 0.05) is 11.6 Å². The van der Waals surface area contributed by atoms with Crippen molar-refractivity contribution in [3.63, 3.8) is 0 Å². The zero-order chi connectivity index (χ0) is 9.97. The van der Waals surface area contributed by atoms with Gasteiger partial charge in [-0.2, -0.15) is 0 Å². The first-order valence-electron chi connectivity index (χ1n) is 4.80. The van der Waals surface area contributed by atoms with Gasteiger partial charge in [0.05, 0.1) is 5.69 Å². The fourth-order valence-corrected chi connectivity index (χ4v) is 1.57. The molecule has 14 heavy (non-hydrogen) atoms. The highest BCUT2D eigenvalue weighted by atomic mass is 14.7. The van der Waals surface area contributed by atoms with E-state index in [1.54, 1.807) is 0 Å². The lowest BCUT2D eigenvalue weighted by atomic mass is 10.1. The molecule has 0 unspecified atom stereocenters. The molecule has 2 aromatic rings. The maximum absolute atomic E-state index is 4.41. The Morgan fingerprint density at radius 3 is 2.79 bits per heavy atom. The Kier molecular flexibility index (Phi) is 2.32. The van der Waals surface area contributed by atoms with Crippen LogP contribution in [0.5, 0.6) is 0 Å². The number of hydrogen-bond acceptors (Lipinski definition) is 1. The van der Waals surface area contributed by atoms with E-state index in [1.807, 2.05) is 19.2 Å². The zero-order valence-corrected chi connectivity index (χ0v) is 8.49. The molecule has 0 N–H and O–H groups in total. The van der Waals surface area contributed by atoms with Crippen molar-refractivity contribution < 1.29 is 0 Å². The number of fused-ring (bicyclic) bond motifs is 1. The molecule has 0 aliphatic carbocycles. The van der Waals surface area contributed by atoms with Crippen LogP contribution in [0.3, 0.4) is 0 Å². The SMILES string of the molecule is C/C=C(\C)c1nccc2ccccc12. The Balaban J connectivity index is 2.77. The Bertz CT molecular complexity index is 478. The Hall–Kier alpha value is -1.63. The standard InChI is InChI=1S/C13H13N/c1-3-10(2)13-12-7-5-4-6-11(12)8-9-14-13/h3-9H,1-2H3/b10-3+. The van der Waals surface area contributed by atoms with E-state index in [0.717, 1.165) is 5.69 Å². The molecule has 70 valence electrons. The predicted molar refractivity (Wildman–Crippen MR) is 61.1 cm³/mol. The number of nitrogens with zero attached hydrogens (tertiary/aromatic N) is 1. The molecule has 1 heteroatoms. The van der Waals surface area contributed by atoms with Crippen LogP contribution in [0.15, 0.2) is 42.6 Å². The van der Waals surface area contributed by atoms with E-state index in [-0.39, 0.29) is 0 Å². The van der Waals surface area contributed by atoms with Crippen molar-refractivity contribution in [1.29, 1.82) is 0 Å². The summed E-state index contributed by atoms with van der Waals surface area (Å²) >= 11 is 0. The molecule has 0 saturated carbocycles. The van der Waals surface area contributed by atoms with Crippen LogP contribution in [-0.4, -0.2) is 4.98 Å². The molecule has 0 atom stereocenters. The lowest BCUT2D eigenvalue weighted by Gasteiger charge is -2.04. The van der Waals surface area contributed by atoms with E-state index < -0.39 is 0 Å². The van der Waals surface area contributed by atoms with Gasteiger partial charge in [-0.05, 0) is 30.9 Å². The summed E-state index contributed by atoms with van der Waals surface area (Å²) in [6.07, 6.45) is 3.96. The Morgan fingerprint density at radius 1 is 1.21 bits per heavy atom. The van der Waals surface area contributed by atoms with Gasteiger partial charge in [-0.3, -0.25) is 4.98 Å². The van der Waals surface area contributed by atoms with Crippen molar-refractivity contribution in [2.24, 2.45) is 0 Å². The number of hydrogen-bond donors (Lipinski definition) is 0. The Morgan fingerprint density at radius 2 is 2.00 bits per heavy atom. The second kappa shape index (κ2) is 3.62. The van der Waals surface area contributed by atoms with Gasteiger partial charge in [0.25, 0.3) is 0 Å². The second-order valence-corrected chi connectivity index (χ2v) is 3.35. The third-order valence-corrected chi connectivity index (χ3v) is 2.48. The van der Waals surface area contributed by atoms with Crippen LogP contribution in [0.25, 0.3) is 16.3 Å². The van der Waals surface area contributed by atoms with Crippen molar-refractivity contribution in [1.82, 2.24) is 4.98 Å². The van der Waals surface area contributed by atoms with Crippen LogP contribution >= 0.6 is 0 Å². The third kappa shape index (κ3) is 1.41. The predicted octanol–water partition coefficient (Wildman–Crippen LogP) is 3.66. The van der Waals surface area contributed by atoms with Crippen LogP contribution < -0.4 is 0 Å². The van der Waals surface area contributed by atoms with Gasteiger partial charge in [0.15, 0.2) is 0 Å². The van der Waals surface area contributed by atoms with Crippen LogP contribution in [0.4, 0.5) is 0 Å². The topological polar surface area (TPSA) is 12.9 Å². The number of rotatable bonds is 1. The number of pyridine rings is 1. The monoisotopic (exact) mass is 183 g/mol. The molecule has 0 spiro atoms. The molecule has 0 aliphatic heterocycles. The highest BCUT2D eigenvalue weighted by Gasteiger charge is 2.01. The third-order valence-electron chi connectivity index (χ3n) is 2.48. The first kappa shape index (κ1) is 8.95. The van der Waals surface area contributed by atoms with Crippen LogP contribution in [-0.2, 0) is 0 Å². The van der Waals surface area contributed by atoms with Crippen LogP contribution in [0, 0.1) is 0 Å². The summed E-state index contributed by atoms with van der Waals surface area (Å²) in [6, 6.07) is 10.4. The zero-order valence-electron chi connectivity index (χ0n) is 8.49. The maximum atomic E-state index is 4.41. The average Bonchev–Trinajstić information content (AvgIpc) is 2.27. The summed E-state index contributed by atoms with van der Waals surface area (Å²) in [5.41, 5.74) is 2.31. The molecule has 0 saturated heterocycles. The van der Waals surface area contributed by atoms with Gasteiger partial charge >= 0.3 is 0 Å². The summed E-state index contributed by atoms with van der Waals surface area (Å²) < 4.78 is 0. The van der Waals surface area contributed by atoms with E-state index in [1.165, 1.54) is 16.3 Å². The summed E-state index contributed by atoms with van der Waals surface area (Å²) in [7, 11) is 0. The van der Waals surface area contributed by atoms with Gasteiger partial charge in [-0.15, -0.1) is 0 Å². The van der Waals surface area contributed by atoms with Crippen LogP contribution in [0.2, 0.25) is 0 Å². The van der Waals surface area contributed by atoms with Crippen LogP contribution in [0.1, 0.15) is 19.5 Å². The summed E-state index contributed by atoms with van der Waals surface area (Å²) in [6.45, 7) is 4.13. The van der Waals surface area contributed by atoms with Gasteiger partial charge in [0.1, 0.15) is 0 Å². The first-order valence-corrected chi connectivity index (χ1v) is 4.80. The number of benzene rings is 1. The van der Waals surface area contributed by atoms with Gasteiger partial charge in [-0.1, -0.05) is 30.3 Å². The molecule has 0 amide bonds. The van der Waals surface area contributed by atoms with Gasteiger partial charge < -0.3 is 0 Å². The van der Waals surface area contributed by atoms with Crippen molar-refractivity contribution in [3.05, 3.63) is 48.3 Å². The quantitative estimate of drug-likeness (QED) is 0.657. The minimum atomic E-state index is 1.09. The second-order valence-electron chi connectivity index (χ2n) is 3.35. The van der Waals surface area contributed by atoms with E-state index in [0.29, 0.717) is 0 Å². The van der Waals surface area contributed by atoms with Gasteiger partial charge in [0.2, 0.25) is 0 Å². The van der Waals surface area contributed by atoms with Crippen molar-refractivity contribution in [3.8, 4) is 0 Å². The molecule has 1 aromatic carbocycles. The summed E-state index contributed by atoms with van der Waals surface area (Å²) in [4.78, 5) is 4.41. The minimum absolute atomic E-state index is 1.09. The molecule has 0 fully saturated rings. The molecule has 0 aliphatic rings. The fraction of sp³-hybridized carbons (Fsp3) is 0.154. The molecule has 0 radical (unpaired) electrons. The highest BCUT2D eigenvalue weighted by molar-refractivity contribution is 5.91. The molecule has 1 heterocycles. The number of aromatic nitrogens is 1. The molecule has 1 aromatic heterocycles. The summed E-state index contributed by atoms with van der Waals surface area (Å²) in [5.74, 6) is 0. The first-order chi connectivity index (χ1) is 6.83. The molecular formula is C13H13N. The lowest BCUT2D eigenvalue weighted by Crippen LogP contribution is -1.87. The Labute approximate surface area is 84.1 Å². The molecule has 1 nitrogen and oxygen atoms in total. The van der Waals surface area contributed by atoms with Crippen molar-refractivity contribution in [2.45, 2.75) is 13.8 Å². The summed E-state index contributed by atoms with van der Waals surface area (Å²) in [5, 5.41) is 2.48. The molecule has 0 bridgehead atoms. The fourth-order valence-electron chi connectivity index (χ4n) is 1.57. The van der Waals surface area contributed by atoms with E-state index in [4.69, 9.17) is 0 Å². The van der Waals surface area contributed by atoms with Crippen molar-refractivity contribution in [2.75, 3.05) is 0 Å². The lowest BCUT2D eigenvalue weighted by molar-refractivity contribution is 1.30. The highest BCUT2D eigenvalue weighted by Crippen LogP contribution is 2.21. The van der Waals surface area contributed by atoms with Gasteiger partial charge in [-0.25, -0.2) is 0 Å². The molecular weight excluding hydrogens is 170 g/mol. The van der Waals surface area contributed by atoms with E-state index >= 15 is 0 Å². The average molecular weight is 183 g/mol. The smallest absolute Gasteiger partial charge is 0.0733 e. The maximum Gasteiger partial charge on any atom is 0.0733 e. The normalized spacial score (nSPS) is 12.0. The van der Waals surface area contributed by atoms with E-state index in [2.05, 4.69) is 42.2 Å². The largest absolute Gasteiger partial charge is 0.256 e. The minimum Gasteiger partial charge on any atom is -0.256 e.